The Morgan fingerprint density at radius 3 is 2.25 bits per heavy atom. The summed E-state index contributed by atoms with van der Waals surface area (Å²) in [7, 11) is 1.60. The van der Waals surface area contributed by atoms with Gasteiger partial charge in [0.25, 0.3) is 0 Å². The van der Waals surface area contributed by atoms with Gasteiger partial charge in [-0.25, -0.2) is 0 Å². The molecule has 0 saturated carbocycles. The second kappa shape index (κ2) is 9.15. The summed E-state index contributed by atoms with van der Waals surface area (Å²) in [6.45, 7) is 4.89. The maximum absolute atomic E-state index is 11.4. The molecule has 0 aliphatic carbocycles. The summed E-state index contributed by atoms with van der Waals surface area (Å²) in [5.41, 5.74) is 0. The van der Waals surface area contributed by atoms with Gasteiger partial charge in [0.15, 0.2) is 0 Å². The molecule has 0 aromatic carbocycles. The Kier molecular flexibility index (Phi) is 8.52. The van der Waals surface area contributed by atoms with E-state index in [-0.39, 0.29) is 24.4 Å². The third kappa shape index (κ3) is 7.23. The summed E-state index contributed by atoms with van der Waals surface area (Å²) in [5.74, 6) is -0.0292. The second-order valence-corrected chi connectivity index (χ2v) is 3.68. The first-order chi connectivity index (χ1) is 7.63. The maximum Gasteiger partial charge on any atom is 0.234 e. The van der Waals surface area contributed by atoms with E-state index in [1.807, 2.05) is 13.8 Å². The van der Waals surface area contributed by atoms with E-state index in [2.05, 4.69) is 16.0 Å². The largest absolute Gasteiger partial charge is 0.359 e. The Hall–Kier alpha value is -1.10. The molecule has 0 fully saturated rings. The summed E-state index contributed by atoms with van der Waals surface area (Å²) >= 11 is 0. The summed E-state index contributed by atoms with van der Waals surface area (Å²) in [4.78, 5) is 22.3. The topological polar surface area (TPSA) is 70.2 Å². The number of nitrogens with one attached hydrogen (secondary N) is 3. The molecule has 0 rings (SSSR count). The first kappa shape index (κ1) is 14.9. The summed E-state index contributed by atoms with van der Waals surface area (Å²) in [6, 6.07) is 0.258. The van der Waals surface area contributed by atoms with E-state index in [1.54, 1.807) is 7.05 Å². The minimum absolute atomic E-state index is 0.00870. The van der Waals surface area contributed by atoms with Gasteiger partial charge in [0.05, 0.1) is 6.54 Å². The van der Waals surface area contributed by atoms with Crippen molar-refractivity contribution in [2.75, 3.05) is 20.1 Å². The third-order valence-corrected chi connectivity index (χ3v) is 2.44. The predicted molar refractivity (Wildman–Crippen MR) is 64.1 cm³/mol. The first-order valence-corrected chi connectivity index (χ1v) is 5.84. The highest BCUT2D eigenvalue weighted by atomic mass is 16.2. The molecule has 0 aromatic heterocycles. The highest BCUT2D eigenvalue weighted by Gasteiger charge is 2.07. The van der Waals surface area contributed by atoms with E-state index in [9.17, 15) is 9.59 Å². The molecule has 2 amide bonds. The molecule has 0 aromatic rings. The van der Waals surface area contributed by atoms with Crippen LogP contribution in [-0.2, 0) is 9.59 Å². The van der Waals surface area contributed by atoms with Gasteiger partial charge < -0.3 is 16.0 Å². The molecule has 0 aliphatic rings. The van der Waals surface area contributed by atoms with Crippen LogP contribution in [0.3, 0.4) is 0 Å². The molecule has 0 unspecified atom stereocenters. The van der Waals surface area contributed by atoms with Gasteiger partial charge in [0, 0.05) is 26.1 Å². The van der Waals surface area contributed by atoms with Crippen molar-refractivity contribution in [2.24, 2.45) is 0 Å². The molecule has 5 heteroatoms. The Bertz CT molecular complexity index is 215. The fraction of sp³-hybridized carbons (Fsp3) is 0.818. The number of hydrogen-bond acceptors (Lipinski definition) is 3. The molecule has 0 spiro atoms. The van der Waals surface area contributed by atoms with Crippen LogP contribution in [0.2, 0.25) is 0 Å². The van der Waals surface area contributed by atoms with Crippen molar-refractivity contribution in [1.82, 2.24) is 16.0 Å². The Labute approximate surface area is 97.4 Å². The zero-order valence-electron chi connectivity index (χ0n) is 10.4. The van der Waals surface area contributed by atoms with Gasteiger partial charge in [-0.1, -0.05) is 13.8 Å². The minimum atomic E-state index is -0.0205. The van der Waals surface area contributed by atoms with Crippen LogP contribution in [0.5, 0.6) is 0 Å². The van der Waals surface area contributed by atoms with Crippen molar-refractivity contribution >= 4 is 11.8 Å². The average molecular weight is 229 g/mol. The average Bonchev–Trinajstić information content (AvgIpc) is 2.31. The summed E-state index contributed by atoms with van der Waals surface area (Å²) < 4.78 is 0. The van der Waals surface area contributed by atoms with Gasteiger partial charge >= 0.3 is 0 Å². The highest BCUT2D eigenvalue weighted by Crippen LogP contribution is 1.94. The zero-order valence-corrected chi connectivity index (χ0v) is 10.4. The van der Waals surface area contributed by atoms with E-state index in [0.29, 0.717) is 13.0 Å². The van der Waals surface area contributed by atoms with Crippen LogP contribution in [0.1, 0.15) is 33.1 Å². The monoisotopic (exact) mass is 229 g/mol. The van der Waals surface area contributed by atoms with Gasteiger partial charge in [-0.05, 0) is 12.8 Å². The van der Waals surface area contributed by atoms with Crippen LogP contribution < -0.4 is 16.0 Å². The highest BCUT2D eigenvalue weighted by molar-refractivity contribution is 5.78. The predicted octanol–water partition coefficient (Wildman–Crippen LogP) is 0.0169. The van der Waals surface area contributed by atoms with Crippen LogP contribution in [-0.4, -0.2) is 38.0 Å². The number of hydrogen-bond donors (Lipinski definition) is 3. The van der Waals surface area contributed by atoms with Crippen LogP contribution in [0, 0.1) is 0 Å². The molecule has 0 heterocycles. The minimum Gasteiger partial charge on any atom is -0.359 e. The fourth-order valence-electron chi connectivity index (χ4n) is 1.30. The number of rotatable bonds is 8. The molecule has 0 bridgehead atoms. The van der Waals surface area contributed by atoms with E-state index in [0.717, 1.165) is 12.8 Å². The quantitative estimate of drug-likeness (QED) is 0.514. The second-order valence-electron chi connectivity index (χ2n) is 3.68. The van der Waals surface area contributed by atoms with Crippen molar-refractivity contribution in [3.63, 3.8) is 0 Å². The lowest BCUT2D eigenvalue weighted by molar-refractivity contribution is -0.122. The van der Waals surface area contributed by atoms with Crippen LogP contribution in [0.25, 0.3) is 0 Å². The normalized spacial score (nSPS) is 10.2. The third-order valence-electron chi connectivity index (χ3n) is 2.44. The smallest absolute Gasteiger partial charge is 0.234 e. The van der Waals surface area contributed by atoms with Crippen molar-refractivity contribution in [1.29, 1.82) is 0 Å². The maximum atomic E-state index is 11.4. The SMILES string of the molecule is CCC(CC)NC(=O)CNCCC(=O)NC. The van der Waals surface area contributed by atoms with Gasteiger partial charge in [-0.2, -0.15) is 0 Å². The van der Waals surface area contributed by atoms with Crippen LogP contribution >= 0.6 is 0 Å². The Morgan fingerprint density at radius 1 is 1.12 bits per heavy atom. The van der Waals surface area contributed by atoms with Crippen molar-refractivity contribution < 1.29 is 9.59 Å². The lowest BCUT2D eigenvalue weighted by Gasteiger charge is -2.14. The van der Waals surface area contributed by atoms with Gasteiger partial charge in [-0.15, -0.1) is 0 Å². The Morgan fingerprint density at radius 2 is 1.75 bits per heavy atom. The van der Waals surface area contributed by atoms with Crippen LogP contribution in [0.15, 0.2) is 0 Å². The van der Waals surface area contributed by atoms with Crippen molar-refractivity contribution in [2.45, 2.75) is 39.2 Å². The molecule has 0 aliphatic heterocycles. The molecule has 16 heavy (non-hydrogen) atoms. The molecule has 0 atom stereocenters. The van der Waals surface area contributed by atoms with E-state index >= 15 is 0 Å². The molecular weight excluding hydrogens is 206 g/mol. The van der Waals surface area contributed by atoms with Gasteiger partial charge in [0.1, 0.15) is 0 Å². The van der Waals surface area contributed by atoms with Gasteiger partial charge in [-0.3, -0.25) is 9.59 Å². The molecule has 3 N–H and O–H groups in total. The lowest BCUT2D eigenvalue weighted by atomic mass is 10.2. The van der Waals surface area contributed by atoms with E-state index in [1.165, 1.54) is 0 Å². The van der Waals surface area contributed by atoms with Crippen molar-refractivity contribution in [3.05, 3.63) is 0 Å². The van der Waals surface area contributed by atoms with E-state index < -0.39 is 0 Å². The molecule has 94 valence electrons. The number of carbonyl (C=O) groups excluding carboxylic acids is 2. The molecule has 5 nitrogen and oxygen atoms in total. The standard InChI is InChI=1S/C11H23N3O2/c1-4-9(5-2)14-11(16)8-13-7-6-10(15)12-3/h9,13H,4-8H2,1-3H3,(H,12,15)(H,14,16). The lowest BCUT2D eigenvalue weighted by Crippen LogP contribution is -2.40. The van der Waals surface area contributed by atoms with Crippen molar-refractivity contribution in [3.8, 4) is 0 Å². The fourth-order valence-corrected chi connectivity index (χ4v) is 1.30. The van der Waals surface area contributed by atoms with Gasteiger partial charge in [0.2, 0.25) is 11.8 Å². The zero-order chi connectivity index (χ0) is 12.4. The summed E-state index contributed by atoms with van der Waals surface area (Å²) in [6.07, 6.45) is 2.29. The van der Waals surface area contributed by atoms with Crippen LogP contribution in [0.4, 0.5) is 0 Å². The summed E-state index contributed by atoms with van der Waals surface area (Å²) in [5, 5.41) is 8.37. The number of carbonyl (C=O) groups is 2. The Balaban J connectivity index is 3.54. The molecular formula is C11H23N3O2. The number of amides is 2. The molecule has 0 radical (unpaired) electrons. The van der Waals surface area contributed by atoms with E-state index in [4.69, 9.17) is 0 Å². The molecule has 0 saturated heterocycles. The first-order valence-electron chi connectivity index (χ1n) is 5.84.